The van der Waals surface area contributed by atoms with Crippen LogP contribution in [0.5, 0.6) is 0 Å². The second-order valence-electron chi connectivity index (χ2n) is 8.41. The van der Waals surface area contributed by atoms with Gasteiger partial charge in [-0.05, 0) is 47.5 Å². The Balaban J connectivity index is 3.03. The van der Waals surface area contributed by atoms with Crippen LogP contribution in [0.4, 0.5) is 4.79 Å². The molecule has 0 bridgehead atoms. The molecule has 0 aromatic rings. The van der Waals surface area contributed by atoms with Gasteiger partial charge in [0.2, 0.25) is 0 Å². The number of likely N-dealkylation sites (tertiary alicyclic amines) is 1. The highest BCUT2D eigenvalue weighted by Gasteiger charge is 2.46. The van der Waals surface area contributed by atoms with Crippen LogP contribution in [-0.4, -0.2) is 54.0 Å². The van der Waals surface area contributed by atoms with E-state index < -0.39 is 17.7 Å². The Morgan fingerprint density at radius 2 is 1.93 bits per heavy atom. The van der Waals surface area contributed by atoms with E-state index in [9.17, 15) is 14.7 Å². The molecule has 0 aromatic heterocycles. The van der Waals surface area contributed by atoms with E-state index in [1.165, 1.54) is 17.6 Å². The number of amides is 1. The summed E-state index contributed by atoms with van der Waals surface area (Å²) in [6, 6.07) is -0.496. The molecule has 0 aromatic carbocycles. The number of methoxy groups -OCH3 is 1. The van der Waals surface area contributed by atoms with Crippen molar-refractivity contribution in [2.45, 2.75) is 65.5 Å². The second-order valence-corrected chi connectivity index (χ2v) is 8.41. The van der Waals surface area contributed by atoms with E-state index in [2.05, 4.69) is 12.7 Å². The molecule has 0 radical (unpaired) electrons. The van der Waals surface area contributed by atoms with Gasteiger partial charge in [-0.2, -0.15) is 0 Å². The summed E-state index contributed by atoms with van der Waals surface area (Å²) >= 11 is 0. The molecule has 0 spiro atoms. The molecule has 1 aliphatic heterocycles. The average Bonchev–Trinajstić information content (AvgIpc) is 2.91. The van der Waals surface area contributed by atoms with Gasteiger partial charge in [-0.1, -0.05) is 23.8 Å². The minimum absolute atomic E-state index is 0.0840. The number of rotatable bonds is 7. The Hall–Kier alpha value is -1.82. The SMILES string of the molecule is C=C(CCC=C(C)C)[C@H]1CN(C(=O)OC(C)(C)C)[C@H](CO)[C@H]1CC(=O)OC. The number of esters is 1. The summed E-state index contributed by atoms with van der Waals surface area (Å²) in [6.45, 7) is 13.9. The third-order valence-corrected chi connectivity index (χ3v) is 4.79. The quantitative estimate of drug-likeness (QED) is 0.537. The van der Waals surface area contributed by atoms with Crippen molar-refractivity contribution in [1.29, 1.82) is 0 Å². The van der Waals surface area contributed by atoms with Crippen molar-refractivity contribution in [2.24, 2.45) is 11.8 Å². The van der Waals surface area contributed by atoms with Crippen LogP contribution in [-0.2, 0) is 14.3 Å². The average molecular weight is 382 g/mol. The lowest BCUT2D eigenvalue weighted by Gasteiger charge is -2.29. The van der Waals surface area contributed by atoms with Crippen molar-refractivity contribution in [1.82, 2.24) is 4.90 Å². The van der Waals surface area contributed by atoms with Gasteiger partial charge in [-0.15, -0.1) is 0 Å². The normalized spacial score (nSPS) is 22.3. The summed E-state index contributed by atoms with van der Waals surface area (Å²) in [6.07, 6.45) is 3.43. The fourth-order valence-electron chi connectivity index (χ4n) is 3.46. The monoisotopic (exact) mass is 381 g/mol. The molecule has 1 N–H and O–H groups in total. The van der Waals surface area contributed by atoms with Crippen LogP contribution in [0.2, 0.25) is 0 Å². The lowest BCUT2D eigenvalue weighted by Crippen LogP contribution is -2.43. The molecular formula is C21H35NO5. The molecule has 1 saturated heterocycles. The lowest BCUT2D eigenvalue weighted by atomic mass is 9.82. The minimum atomic E-state index is -0.631. The van der Waals surface area contributed by atoms with E-state index in [1.54, 1.807) is 20.8 Å². The van der Waals surface area contributed by atoms with Crippen LogP contribution >= 0.6 is 0 Å². The van der Waals surface area contributed by atoms with E-state index in [1.807, 2.05) is 13.8 Å². The van der Waals surface area contributed by atoms with Crippen molar-refractivity contribution >= 4 is 12.1 Å². The van der Waals surface area contributed by atoms with Crippen LogP contribution in [0.25, 0.3) is 0 Å². The highest BCUT2D eigenvalue weighted by molar-refractivity contribution is 5.72. The molecule has 1 aliphatic rings. The van der Waals surface area contributed by atoms with E-state index >= 15 is 0 Å². The molecule has 6 nitrogen and oxygen atoms in total. The molecule has 1 fully saturated rings. The Morgan fingerprint density at radius 1 is 1.30 bits per heavy atom. The highest BCUT2D eigenvalue weighted by atomic mass is 16.6. The molecular weight excluding hydrogens is 346 g/mol. The first-order valence-electron chi connectivity index (χ1n) is 9.48. The number of nitrogens with zero attached hydrogens (tertiary/aromatic N) is 1. The lowest BCUT2D eigenvalue weighted by molar-refractivity contribution is -0.142. The Bertz CT molecular complexity index is 572. The molecule has 0 saturated carbocycles. The van der Waals surface area contributed by atoms with E-state index in [-0.39, 0.29) is 30.8 Å². The number of ether oxygens (including phenoxy) is 2. The Kier molecular flexibility index (Phi) is 8.54. The van der Waals surface area contributed by atoms with Gasteiger partial charge in [0.1, 0.15) is 5.60 Å². The number of hydrogen-bond donors (Lipinski definition) is 1. The first-order chi connectivity index (χ1) is 12.5. The Labute approximate surface area is 163 Å². The largest absolute Gasteiger partial charge is 0.469 e. The summed E-state index contributed by atoms with van der Waals surface area (Å²) in [5, 5.41) is 9.95. The summed E-state index contributed by atoms with van der Waals surface area (Å²) in [4.78, 5) is 26.1. The predicted octanol–water partition coefficient (Wildman–Crippen LogP) is 3.70. The van der Waals surface area contributed by atoms with Gasteiger partial charge in [0, 0.05) is 18.4 Å². The maximum atomic E-state index is 12.6. The summed E-state index contributed by atoms with van der Waals surface area (Å²) in [5.41, 5.74) is 1.59. The number of carbonyl (C=O) groups is 2. The van der Waals surface area contributed by atoms with E-state index in [4.69, 9.17) is 9.47 Å². The number of carbonyl (C=O) groups excluding carboxylic acids is 2. The number of hydrogen-bond acceptors (Lipinski definition) is 5. The van der Waals surface area contributed by atoms with Crippen LogP contribution in [0.1, 0.15) is 53.9 Å². The molecule has 0 unspecified atom stereocenters. The van der Waals surface area contributed by atoms with Crippen LogP contribution in [0.15, 0.2) is 23.8 Å². The maximum absolute atomic E-state index is 12.6. The predicted molar refractivity (Wildman–Crippen MR) is 105 cm³/mol. The summed E-state index contributed by atoms with van der Waals surface area (Å²) in [5.74, 6) is -0.680. The van der Waals surface area contributed by atoms with Crippen molar-refractivity contribution < 1.29 is 24.2 Å². The third-order valence-electron chi connectivity index (χ3n) is 4.79. The van der Waals surface area contributed by atoms with Gasteiger partial charge in [0.25, 0.3) is 0 Å². The molecule has 0 aliphatic carbocycles. The van der Waals surface area contributed by atoms with Gasteiger partial charge >= 0.3 is 12.1 Å². The van der Waals surface area contributed by atoms with Crippen molar-refractivity contribution in [3.8, 4) is 0 Å². The zero-order valence-corrected chi connectivity index (χ0v) is 17.6. The highest BCUT2D eigenvalue weighted by Crippen LogP contribution is 2.38. The van der Waals surface area contributed by atoms with Crippen LogP contribution in [0.3, 0.4) is 0 Å². The van der Waals surface area contributed by atoms with Crippen LogP contribution < -0.4 is 0 Å². The topological polar surface area (TPSA) is 76.1 Å². The van der Waals surface area contributed by atoms with Crippen molar-refractivity contribution in [2.75, 3.05) is 20.3 Å². The minimum Gasteiger partial charge on any atom is -0.469 e. The smallest absolute Gasteiger partial charge is 0.410 e. The van der Waals surface area contributed by atoms with E-state index in [0.717, 1.165) is 18.4 Å². The van der Waals surface area contributed by atoms with Gasteiger partial charge in [-0.25, -0.2) is 4.79 Å². The molecule has 1 amide bonds. The standard InChI is InChI=1S/C21H35NO5/c1-14(2)9-8-10-15(3)17-12-22(20(25)27-21(4,5)6)18(13-23)16(17)11-19(24)26-7/h9,16-18,23H,3,8,10-13H2,1-2,4-7H3/t16-,17+,18+/m0/s1. The first kappa shape index (κ1) is 23.2. The molecule has 1 rings (SSSR count). The van der Waals surface area contributed by atoms with Gasteiger partial charge in [-0.3, -0.25) is 4.79 Å². The number of aliphatic hydroxyl groups excluding tert-OH is 1. The first-order valence-corrected chi connectivity index (χ1v) is 9.48. The second kappa shape index (κ2) is 9.93. The van der Waals surface area contributed by atoms with Gasteiger partial charge in [0.15, 0.2) is 0 Å². The number of aliphatic hydroxyl groups is 1. The fraction of sp³-hybridized carbons (Fsp3) is 0.714. The van der Waals surface area contributed by atoms with Gasteiger partial charge < -0.3 is 19.5 Å². The molecule has 154 valence electrons. The molecule has 27 heavy (non-hydrogen) atoms. The zero-order chi connectivity index (χ0) is 20.8. The van der Waals surface area contributed by atoms with E-state index in [0.29, 0.717) is 6.54 Å². The van der Waals surface area contributed by atoms with Gasteiger partial charge in [0.05, 0.1) is 26.2 Å². The van der Waals surface area contributed by atoms with Crippen molar-refractivity contribution in [3.63, 3.8) is 0 Å². The zero-order valence-electron chi connectivity index (χ0n) is 17.6. The summed E-state index contributed by atoms with van der Waals surface area (Å²) < 4.78 is 10.3. The molecule has 3 atom stereocenters. The van der Waals surface area contributed by atoms with Crippen LogP contribution in [0, 0.1) is 11.8 Å². The molecule has 1 heterocycles. The maximum Gasteiger partial charge on any atom is 0.410 e. The molecule has 6 heteroatoms. The van der Waals surface area contributed by atoms with Crippen molar-refractivity contribution in [3.05, 3.63) is 23.8 Å². The summed E-state index contributed by atoms with van der Waals surface area (Å²) in [7, 11) is 1.34. The third kappa shape index (κ3) is 7.01. The fourth-order valence-corrected chi connectivity index (χ4v) is 3.46. The Morgan fingerprint density at radius 3 is 2.41 bits per heavy atom. The number of allylic oxidation sites excluding steroid dienone is 2.